The number of hydrogen-bond acceptors (Lipinski definition) is 3. The summed E-state index contributed by atoms with van der Waals surface area (Å²) >= 11 is 0. The first-order valence-electron chi connectivity index (χ1n) is 6.91. The Morgan fingerprint density at radius 2 is 2.09 bits per heavy atom. The summed E-state index contributed by atoms with van der Waals surface area (Å²) in [6.45, 7) is -0.502. The van der Waals surface area contributed by atoms with Gasteiger partial charge in [-0.2, -0.15) is 13.2 Å². The molecule has 0 aliphatic carbocycles. The topological polar surface area (TPSA) is 57.8 Å². The molecule has 2 aromatic heterocycles. The molecule has 0 bridgehead atoms. The number of carbonyl (C=O) groups excluding carboxylic acids is 1. The number of alkyl halides is 4. The fraction of sp³-hybridized carbons (Fsp3) is 0.429. The van der Waals surface area contributed by atoms with E-state index in [4.69, 9.17) is 0 Å². The summed E-state index contributed by atoms with van der Waals surface area (Å²) in [6.07, 6.45) is -3.73. The average Bonchev–Trinajstić information content (AvgIpc) is 3.08. The molecular weight excluding hydrogens is 318 g/mol. The number of aromatic nitrogens is 2. The molecular formula is C14H13F4N3O2. The van der Waals surface area contributed by atoms with Gasteiger partial charge in [-0.1, -0.05) is 0 Å². The molecule has 1 amide bonds. The molecule has 1 N–H and O–H groups in total. The van der Waals surface area contributed by atoms with Crippen LogP contribution in [0, 0.1) is 0 Å². The minimum absolute atomic E-state index is 0.0494. The van der Waals surface area contributed by atoms with Gasteiger partial charge in [0.25, 0.3) is 5.91 Å². The lowest BCUT2D eigenvalue weighted by Gasteiger charge is -2.22. The molecule has 1 saturated heterocycles. The van der Waals surface area contributed by atoms with E-state index in [0.29, 0.717) is 0 Å². The van der Waals surface area contributed by atoms with E-state index in [0.717, 1.165) is 10.6 Å². The van der Waals surface area contributed by atoms with Gasteiger partial charge < -0.3 is 14.4 Å². The van der Waals surface area contributed by atoms with Crippen molar-refractivity contribution in [2.75, 3.05) is 13.2 Å². The lowest BCUT2D eigenvalue weighted by Crippen LogP contribution is -2.37. The molecule has 3 rings (SSSR count). The van der Waals surface area contributed by atoms with Crippen LogP contribution in [0.25, 0.3) is 5.65 Å². The second kappa shape index (κ2) is 5.48. The van der Waals surface area contributed by atoms with Crippen LogP contribution in [0.1, 0.15) is 22.5 Å². The van der Waals surface area contributed by atoms with Crippen LogP contribution < -0.4 is 0 Å². The van der Waals surface area contributed by atoms with E-state index >= 15 is 0 Å². The van der Waals surface area contributed by atoms with E-state index in [9.17, 15) is 27.5 Å². The van der Waals surface area contributed by atoms with Gasteiger partial charge in [0.2, 0.25) is 0 Å². The number of imidazole rings is 1. The third kappa shape index (κ3) is 2.88. The molecule has 0 unspecified atom stereocenters. The van der Waals surface area contributed by atoms with E-state index in [1.807, 2.05) is 0 Å². The normalized spacial score (nSPS) is 22.0. The molecule has 0 aromatic carbocycles. The Balaban J connectivity index is 1.92. The zero-order chi connectivity index (χ0) is 16.8. The molecule has 0 spiro atoms. The first-order valence-corrected chi connectivity index (χ1v) is 6.91. The van der Waals surface area contributed by atoms with E-state index in [1.165, 1.54) is 23.2 Å². The number of fused-ring (bicyclic) bond motifs is 1. The Kier molecular flexibility index (Phi) is 3.75. The summed E-state index contributed by atoms with van der Waals surface area (Å²) in [4.78, 5) is 17.0. The lowest BCUT2D eigenvalue weighted by molar-refractivity contribution is -0.140. The fourth-order valence-electron chi connectivity index (χ4n) is 2.70. The Labute approximate surface area is 128 Å². The van der Waals surface area contributed by atoms with Gasteiger partial charge in [-0.05, 0) is 12.1 Å². The summed E-state index contributed by atoms with van der Waals surface area (Å²) in [5.74, 6) is -0.534. The fourth-order valence-corrected chi connectivity index (χ4v) is 2.70. The number of carbonyl (C=O) groups is 1. The lowest BCUT2D eigenvalue weighted by atomic mass is 10.2. The summed E-state index contributed by atoms with van der Waals surface area (Å²) in [7, 11) is 0. The molecule has 1 aliphatic heterocycles. The van der Waals surface area contributed by atoms with Crippen molar-refractivity contribution in [2.45, 2.75) is 24.8 Å². The largest absolute Gasteiger partial charge is 0.434 e. The molecule has 9 heteroatoms. The van der Waals surface area contributed by atoms with Crippen LogP contribution in [0.2, 0.25) is 0 Å². The molecule has 2 aromatic rings. The smallest absolute Gasteiger partial charge is 0.394 e. The van der Waals surface area contributed by atoms with E-state index in [1.54, 1.807) is 0 Å². The van der Waals surface area contributed by atoms with Crippen molar-refractivity contribution >= 4 is 11.6 Å². The van der Waals surface area contributed by atoms with Crippen molar-refractivity contribution in [1.82, 2.24) is 14.3 Å². The second-order valence-electron chi connectivity index (χ2n) is 5.43. The third-order valence-corrected chi connectivity index (χ3v) is 3.82. The number of aliphatic hydroxyl groups excluding tert-OH is 1. The van der Waals surface area contributed by atoms with Gasteiger partial charge in [0.15, 0.2) is 5.69 Å². The van der Waals surface area contributed by atoms with Crippen LogP contribution in [0.5, 0.6) is 0 Å². The van der Waals surface area contributed by atoms with Gasteiger partial charge >= 0.3 is 6.18 Å². The predicted octanol–water partition coefficient (Wildman–Crippen LogP) is 1.90. The summed E-state index contributed by atoms with van der Waals surface area (Å²) in [6, 6.07) is 2.01. The number of aliphatic hydroxyl groups is 1. The summed E-state index contributed by atoms with van der Waals surface area (Å²) in [5.41, 5.74) is -0.895. The van der Waals surface area contributed by atoms with Crippen molar-refractivity contribution in [3.8, 4) is 0 Å². The van der Waals surface area contributed by atoms with Crippen LogP contribution in [0.4, 0.5) is 17.6 Å². The maximum absolute atomic E-state index is 13.4. The minimum Gasteiger partial charge on any atom is -0.394 e. The number of pyridine rings is 1. The summed E-state index contributed by atoms with van der Waals surface area (Å²) in [5, 5.41) is 9.21. The molecule has 23 heavy (non-hydrogen) atoms. The monoisotopic (exact) mass is 331 g/mol. The highest BCUT2D eigenvalue weighted by molar-refractivity contribution is 5.94. The molecule has 1 aliphatic rings. The van der Waals surface area contributed by atoms with Gasteiger partial charge in [-0.25, -0.2) is 9.37 Å². The standard InChI is InChI=1S/C14H13F4N3O2/c15-9-3-10(7-22)21(5-9)13(23)8-1-2-12-19-11(14(16,17)18)6-20(12)4-8/h1-2,4,6,9-10,22H,3,5,7H2/t9-,10-/m0/s1. The minimum atomic E-state index is -4.57. The number of rotatable bonds is 2. The number of likely N-dealkylation sites (tertiary alicyclic amines) is 1. The van der Waals surface area contributed by atoms with Gasteiger partial charge in [0.1, 0.15) is 11.8 Å². The predicted molar refractivity (Wildman–Crippen MR) is 71.6 cm³/mol. The van der Waals surface area contributed by atoms with E-state index in [2.05, 4.69) is 4.98 Å². The Morgan fingerprint density at radius 3 is 2.74 bits per heavy atom. The number of halogens is 4. The van der Waals surface area contributed by atoms with Crippen LogP contribution in [0.15, 0.2) is 24.5 Å². The highest BCUT2D eigenvalue weighted by atomic mass is 19.4. The van der Waals surface area contributed by atoms with Gasteiger partial charge in [-0.15, -0.1) is 0 Å². The zero-order valence-corrected chi connectivity index (χ0v) is 11.8. The van der Waals surface area contributed by atoms with Crippen molar-refractivity contribution < 1.29 is 27.5 Å². The molecule has 2 atom stereocenters. The molecule has 1 fully saturated rings. The van der Waals surface area contributed by atoms with Crippen LogP contribution in [-0.2, 0) is 6.18 Å². The first kappa shape index (κ1) is 15.7. The Bertz CT molecular complexity index is 743. The van der Waals surface area contributed by atoms with E-state index < -0.39 is 30.0 Å². The van der Waals surface area contributed by atoms with Crippen molar-refractivity contribution in [3.05, 3.63) is 35.8 Å². The van der Waals surface area contributed by atoms with Crippen LogP contribution in [0.3, 0.4) is 0 Å². The SMILES string of the molecule is O=C(c1ccc2nc(C(F)(F)F)cn2c1)N1C[C@@H](F)C[C@H]1CO. The summed E-state index contributed by atoms with van der Waals surface area (Å²) < 4.78 is 52.5. The van der Waals surface area contributed by atoms with E-state index in [-0.39, 0.29) is 30.8 Å². The molecule has 0 saturated carbocycles. The Morgan fingerprint density at radius 1 is 1.35 bits per heavy atom. The maximum Gasteiger partial charge on any atom is 0.434 e. The van der Waals surface area contributed by atoms with Gasteiger partial charge in [-0.3, -0.25) is 4.79 Å². The highest BCUT2D eigenvalue weighted by Gasteiger charge is 2.36. The number of hydrogen-bond donors (Lipinski definition) is 1. The van der Waals surface area contributed by atoms with Crippen LogP contribution >= 0.6 is 0 Å². The van der Waals surface area contributed by atoms with Gasteiger partial charge in [0.05, 0.1) is 24.8 Å². The Hall–Kier alpha value is -2.16. The molecule has 124 valence electrons. The second-order valence-corrected chi connectivity index (χ2v) is 5.43. The van der Waals surface area contributed by atoms with Crippen molar-refractivity contribution in [1.29, 1.82) is 0 Å². The maximum atomic E-state index is 13.4. The number of nitrogens with zero attached hydrogens (tertiary/aromatic N) is 3. The molecule has 0 radical (unpaired) electrons. The highest BCUT2D eigenvalue weighted by Crippen LogP contribution is 2.29. The number of amides is 1. The van der Waals surface area contributed by atoms with Gasteiger partial charge in [0, 0.05) is 18.8 Å². The molecule has 3 heterocycles. The third-order valence-electron chi connectivity index (χ3n) is 3.82. The average molecular weight is 331 g/mol. The van der Waals surface area contributed by atoms with Crippen LogP contribution in [-0.4, -0.2) is 50.7 Å². The zero-order valence-electron chi connectivity index (χ0n) is 11.8. The van der Waals surface area contributed by atoms with Crippen molar-refractivity contribution in [3.63, 3.8) is 0 Å². The quantitative estimate of drug-likeness (QED) is 0.855. The molecule has 5 nitrogen and oxygen atoms in total. The van der Waals surface area contributed by atoms with Crippen molar-refractivity contribution in [2.24, 2.45) is 0 Å². The first-order chi connectivity index (χ1) is 10.8.